The van der Waals surface area contributed by atoms with Gasteiger partial charge in [0.25, 0.3) is 0 Å². The Labute approximate surface area is 198 Å². The molecule has 3 fully saturated rings. The number of nitrogens with one attached hydrogen (secondary N) is 2. The standard InChI is InChI=1S/C16H22N2O2.C8H6Cl2O2/c1-12-3-5-13(6-4-12)7-20-8-14(19)18-16-9-15(10-16,11-16)17-2;9-7-2-1-6(5-8(7)10)12-4-3-11/h3-6,17H,7-11H2,1-2H3,(H,18,19);1-3,5H,4H2. The molecule has 0 atom stereocenters. The summed E-state index contributed by atoms with van der Waals surface area (Å²) >= 11 is 11.4. The molecule has 172 valence electrons. The second-order valence-electron chi connectivity index (χ2n) is 8.42. The zero-order chi connectivity index (χ0) is 23.2. The third-order valence-corrected chi connectivity index (χ3v) is 6.54. The van der Waals surface area contributed by atoms with Crippen LogP contribution < -0.4 is 15.4 Å². The van der Waals surface area contributed by atoms with E-state index in [1.165, 1.54) is 5.56 Å². The molecular weight excluding hydrogens is 451 g/mol. The fraction of sp³-hybridized carbons (Fsp3) is 0.417. The summed E-state index contributed by atoms with van der Waals surface area (Å²) in [5, 5.41) is 7.32. The largest absolute Gasteiger partial charge is 0.486 e. The molecule has 3 aliphatic carbocycles. The van der Waals surface area contributed by atoms with Crippen LogP contribution in [-0.4, -0.2) is 43.5 Å². The first-order chi connectivity index (χ1) is 15.3. The lowest BCUT2D eigenvalue weighted by Crippen LogP contribution is -2.83. The molecule has 0 aliphatic heterocycles. The molecule has 1 amide bonds. The molecule has 32 heavy (non-hydrogen) atoms. The van der Waals surface area contributed by atoms with E-state index in [0.717, 1.165) is 24.8 Å². The van der Waals surface area contributed by atoms with E-state index >= 15 is 0 Å². The summed E-state index contributed by atoms with van der Waals surface area (Å²) in [5.74, 6) is 0.540. The Bertz CT molecular complexity index is 930. The van der Waals surface area contributed by atoms with Crippen molar-refractivity contribution in [2.45, 2.75) is 43.9 Å². The summed E-state index contributed by atoms with van der Waals surface area (Å²) < 4.78 is 10.5. The quantitative estimate of drug-likeness (QED) is 0.530. The van der Waals surface area contributed by atoms with Crippen molar-refractivity contribution < 1.29 is 19.1 Å². The minimum absolute atomic E-state index is 0.00140. The zero-order valence-corrected chi connectivity index (χ0v) is 19.8. The van der Waals surface area contributed by atoms with Gasteiger partial charge in [0, 0.05) is 17.1 Å². The van der Waals surface area contributed by atoms with E-state index in [0.29, 0.717) is 34.2 Å². The normalized spacial score (nSPS) is 22.5. The first-order valence-electron chi connectivity index (χ1n) is 10.4. The lowest BCUT2D eigenvalue weighted by Gasteiger charge is -2.70. The van der Waals surface area contributed by atoms with Gasteiger partial charge >= 0.3 is 0 Å². The molecule has 8 heteroatoms. The van der Waals surface area contributed by atoms with Gasteiger partial charge in [0.05, 0.1) is 16.7 Å². The van der Waals surface area contributed by atoms with Gasteiger partial charge in [-0.3, -0.25) is 9.59 Å². The Hall–Kier alpha value is -2.12. The van der Waals surface area contributed by atoms with E-state index in [2.05, 4.69) is 29.7 Å². The molecule has 0 heterocycles. The first kappa shape index (κ1) is 24.5. The highest BCUT2D eigenvalue weighted by atomic mass is 35.5. The van der Waals surface area contributed by atoms with Gasteiger partial charge in [0.15, 0.2) is 6.29 Å². The maximum atomic E-state index is 11.9. The molecule has 0 aromatic heterocycles. The minimum atomic E-state index is 0.00140. The average Bonchev–Trinajstić information content (AvgIpc) is 2.72. The van der Waals surface area contributed by atoms with Crippen molar-refractivity contribution in [2.75, 3.05) is 20.3 Å². The van der Waals surface area contributed by atoms with Crippen molar-refractivity contribution >= 4 is 35.4 Å². The molecule has 3 aliphatic rings. The summed E-state index contributed by atoms with van der Waals surface area (Å²) in [5.41, 5.74) is 2.71. The fourth-order valence-corrected chi connectivity index (χ4v) is 4.45. The molecule has 2 bridgehead atoms. The topological polar surface area (TPSA) is 76.7 Å². The molecule has 3 saturated carbocycles. The maximum absolute atomic E-state index is 11.9. The van der Waals surface area contributed by atoms with Crippen LogP contribution in [0.25, 0.3) is 0 Å². The van der Waals surface area contributed by atoms with E-state index in [1.807, 2.05) is 19.2 Å². The maximum Gasteiger partial charge on any atom is 0.246 e. The van der Waals surface area contributed by atoms with E-state index in [4.69, 9.17) is 32.7 Å². The van der Waals surface area contributed by atoms with Crippen LogP contribution >= 0.6 is 23.2 Å². The van der Waals surface area contributed by atoms with E-state index in [1.54, 1.807) is 18.2 Å². The summed E-state index contributed by atoms with van der Waals surface area (Å²) in [4.78, 5) is 21.8. The number of benzene rings is 2. The number of carbonyl (C=O) groups is 2. The SMILES string of the molecule is CNC12CC(NC(=O)COCc3ccc(C)cc3)(C1)C2.O=CCOc1ccc(Cl)c(Cl)c1. The predicted molar refractivity (Wildman–Crippen MR) is 125 cm³/mol. The fourth-order valence-electron chi connectivity index (χ4n) is 4.16. The molecule has 0 radical (unpaired) electrons. The Balaban J connectivity index is 0.000000207. The Morgan fingerprint density at radius 3 is 2.34 bits per heavy atom. The lowest BCUT2D eigenvalue weighted by molar-refractivity contribution is -0.144. The number of hydrogen-bond donors (Lipinski definition) is 2. The van der Waals surface area contributed by atoms with Crippen molar-refractivity contribution in [1.82, 2.24) is 10.6 Å². The molecule has 0 saturated heterocycles. The highest BCUT2D eigenvalue weighted by molar-refractivity contribution is 6.42. The molecule has 2 N–H and O–H groups in total. The highest BCUT2D eigenvalue weighted by Crippen LogP contribution is 2.60. The molecule has 2 aromatic rings. The number of ether oxygens (including phenoxy) is 2. The number of halogens is 2. The average molecular weight is 479 g/mol. The summed E-state index contributed by atoms with van der Waals surface area (Å²) in [6.45, 7) is 2.71. The van der Waals surface area contributed by atoms with Crippen LogP contribution in [0.2, 0.25) is 10.0 Å². The van der Waals surface area contributed by atoms with Gasteiger partial charge in [0.1, 0.15) is 19.0 Å². The Morgan fingerprint density at radius 1 is 1.06 bits per heavy atom. The molecule has 0 spiro atoms. The van der Waals surface area contributed by atoms with Crippen LogP contribution in [0.5, 0.6) is 5.75 Å². The van der Waals surface area contributed by atoms with Gasteiger partial charge in [-0.2, -0.15) is 0 Å². The molecule has 6 nitrogen and oxygen atoms in total. The molecule has 5 rings (SSSR count). The molecule has 2 aromatic carbocycles. The first-order valence-corrected chi connectivity index (χ1v) is 11.2. The van der Waals surface area contributed by atoms with E-state index < -0.39 is 0 Å². The van der Waals surface area contributed by atoms with Crippen molar-refractivity contribution in [3.63, 3.8) is 0 Å². The van der Waals surface area contributed by atoms with Gasteiger partial charge < -0.3 is 20.1 Å². The number of aldehydes is 1. The van der Waals surface area contributed by atoms with Crippen LogP contribution in [0.1, 0.15) is 30.4 Å². The summed E-state index contributed by atoms with van der Waals surface area (Å²) in [6, 6.07) is 13.0. The number of hydrogen-bond acceptors (Lipinski definition) is 5. The smallest absolute Gasteiger partial charge is 0.246 e. The number of amides is 1. The van der Waals surface area contributed by atoms with Crippen molar-refractivity contribution in [3.05, 3.63) is 63.6 Å². The van der Waals surface area contributed by atoms with E-state index in [9.17, 15) is 9.59 Å². The third-order valence-electron chi connectivity index (χ3n) is 5.80. The Morgan fingerprint density at radius 2 is 1.75 bits per heavy atom. The van der Waals surface area contributed by atoms with Crippen LogP contribution in [0.4, 0.5) is 0 Å². The van der Waals surface area contributed by atoms with E-state index in [-0.39, 0.29) is 24.7 Å². The minimum Gasteiger partial charge on any atom is -0.486 e. The number of aryl methyl sites for hydroxylation is 1. The van der Waals surface area contributed by atoms with Gasteiger partial charge in [-0.05, 0) is 50.9 Å². The Kier molecular flexibility index (Phi) is 8.17. The van der Waals surface area contributed by atoms with Gasteiger partial charge in [-0.1, -0.05) is 53.0 Å². The van der Waals surface area contributed by atoms with Gasteiger partial charge in [0.2, 0.25) is 5.91 Å². The summed E-state index contributed by atoms with van der Waals surface area (Å²) in [6.07, 6.45) is 3.84. The second kappa shape index (κ2) is 10.7. The number of carbonyl (C=O) groups excluding carboxylic acids is 2. The number of rotatable bonds is 9. The molecular formula is C24H28Cl2N2O4. The predicted octanol–water partition coefficient (Wildman–Crippen LogP) is 4.09. The lowest BCUT2D eigenvalue weighted by atomic mass is 9.44. The van der Waals surface area contributed by atoms with Crippen LogP contribution in [0, 0.1) is 6.92 Å². The highest BCUT2D eigenvalue weighted by Gasteiger charge is 2.67. The zero-order valence-electron chi connectivity index (χ0n) is 18.3. The monoisotopic (exact) mass is 478 g/mol. The van der Waals surface area contributed by atoms with Crippen LogP contribution in [0.3, 0.4) is 0 Å². The van der Waals surface area contributed by atoms with Crippen molar-refractivity contribution in [2.24, 2.45) is 0 Å². The third kappa shape index (κ3) is 6.23. The van der Waals surface area contributed by atoms with Gasteiger partial charge in [-0.25, -0.2) is 0 Å². The second-order valence-corrected chi connectivity index (χ2v) is 9.24. The van der Waals surface area contributed by atoms with Gasteiger partial charge in [-0.15, -0.1) is 0 Å². The molecule has 0 unspecified atom stereocenters. The van der Waals surface area contributed by atoms with Crippen molar-refractivity contribution in [3.8, 4) is 5.75 Å². The summed E-state index contributed by atoms with van der Waals surface area (Å²) in [7, 11) is 2.00. The van der Waals surface area contributed by atoms with Crippen molar-refractivity contribution in [1.29, 1.82) is 0 Å². The van der Waals surface area contributed by atoms with Crippen LogP contribution in [0.15, 0.2) is 42.5 Å². The van der Waals surface area contributed by atoms with Crippen LogP contribution in [-0.2, 0) is 20.9 Å².